The van der Waals surface area contributed by atoms with Crippen LogP contribution in [0.15, 0.2) is 23.8 Å². The maximum Gasteiger partial charge on any atom is 0.310 e. The van der Waals surface area contributed by atoms with E-state index >= 15 is 4.39 Å². The van der Waals surface area contributed by atoms with Crippen LogP contribution in [0.25, 0.3) is 0 Å². The van der Waals surface area contributed by atoms with Crippen LogP contribution in [0.5, 0.6) is 0 Å². The van der Waals surface area contributed by atoms with Crippen LogP contribution in [-0.4, -0.2) is 59.3 Å². The molecule has 1 spiro atoms. The predicted octanol–water partition coefficient (Wildman–Crippen LogP) is 1.95. The molecule has 10 atom stereocenters. The van der Waals surface area contributed by atoms with Gasteiger partial charge in [-0.15, -0.1) is 0 Å². The zero-order chi connectivity index (χ0) is 26.3. The number of halogens is 1. The van der Waals surface area contributed by atoms with Crippen molar-refractivity contribution in [2.75, 3.05) is 13.2 Å². The fourth-order valence-corrected chi connectivity index (χ4v) is 8.39. The van der Waals surface area contributed by atoms with Crippen LogP contribution in [0.4, 0.5) is 4.39 Å². The number of fused-ring (bicyclic) bond motifs is 4. The van der Waals surface area contributed by atoms with Gasteiger partial charge in [0.1, 0.15) is 5.60 Å². The Bertz CT molecular complexity index is 1060. The van der Waals surface area contributed by atoms with E-state index in [1.165, 1.54) is 12.2 Å². The molecule has 2 unspecified atom stereocenters. The second-order valence-electron chi connectivity index (χ2n) is 11.9. The number of hydrogen-bond acceptors (Lipinski definition) is 8. The Balaban J connectivity index is 1.43. The molecule has 4 aliphatic carbocycles. The number of Topliss-reactive ketones (excluding diaryl/α,β-unsaturated/α-hetero) is 1. The quantitative estimate of drug-likeness (QED) is 0.285. The number of esters is 1. The average Bonchev–Trinajstić information content (AvgIpc) is 3.00. The highest BCUT2D eigenvalue weighted by Crippen LogP contribution is 2.74. The van der Waals surface area contributed by atoms with Crippen LogP contribution in [0.3, 0.4) is 0 Å². The number of aliphatic hydroxyl groups is 1. The summed E-state index contributed by atoms with van der Waals surface area (Å²) in [4.78, 5) is 38.1. The van der Waals surface area contributed by atoms with Gasteiger partial charge in [0.05, 0.1) is 18.6 Å². The van der Waals surface area contributed by atoms with Gasteiger partial charge in [0.15, 0.2) is 18.1 Å². The van der Waals surface area contributed by atoms with Gasteiger partial charge < -0.3 is 14.6 Å². The number of rotatable bonds is 6. The molecule has 36 heavy (non-hydrogen) atoms. The van der Waals surface area contributed by atoms with E-state index in [0.717, 1.165) is 5.57 Å². The third kappa shape index (κ3) is 2.97. The monoisotopic (exact) mass is 504 g/mol. The Labute approximate surface area is 210 Å². The van der Waals surface area contributed by atoms with Crippen molar-refractivity contribution in [3.63, 3.8) is 0 Å². The third-order valence-corrected chi connectivity index (χ3v) is 10.6. The Morgan fingerprint density at radius 1 is 1.36 bits per heavy atom. The Morgan fingerprint density at radius 3 is 2.72 bits per heavy atom. The first-order valence-electron chi connectivity index (χ1n) is 13.0. The molecule has 1 heterocycles. The van der Waals surface area contributed by atoms with E-state index in [9.17, 15) is 19.5 Å². The fourth-order valence-electron chi connectivity index (χ4n) is 8.39. The number of carbonyl (C=O) groups excluding carboxylic acids is 3. The number of aliphatic hydroxyl groups excluding tert-OH is 1. The van der Waals surface area contributed by atoms with Gasteiger partial charge in [0, 0.05) is 22.8 Å². The Morgan fingerprint density at radius 2 is 2.08 bits per heavy atom. The molecule has 8 nitrogen and oxygen atoms in total. The highest BCUT2D eigenvalue weighted by molar-refractivity contribution is 6.01. The summed E-state index contributed by atoms with van der Waals surface area (Å²) in [5.74, 6) is 2.98. The van der Waals surface area contributed by atoms with Gasteiger partial charge >= 0.3 is 5.97 Å². The highest BCUT2D eigenvalue weighted by atomic mass is 19.1. The first-order valence-corrected chi connectivity index (χ1v) is 13.0. The molecule has 5 rings (SSSR count). The van der Waals surface area contributed by atoms with E-state index in [4.69, 9.17) is 15.3 Å². The summed E-state index contributed by atoms with van der Waals surface area (Å²) in [5.41, 5.74) is -1.71. The number of hydrogen-bond donors (Lipinski definition) is 3. The van der Waals surface area contributed by atoms with Gasteiger partial charge in [-0.25, -0.2) is 4.39 Å². The third-order valence-electron chi connectivity index (χ3n) is 10.6. The van der Waals surface area contributed by atoms with Crippen LogP contribution in [0.1, 0.15) is 53.4 Å². The van der Waals surface area contributed by atoms with E-state index in [2.05, 4.69) is 5.43 Å². The van der Waals surface area contributed by atoms with Crippen molar-refractivity contribution >= 4 is 17.5 Å². The van der Waals surface area contributed by atoms with Crippen molar-refractivity contribution in [2.45, 2.75) is 76.8 Å². The van der Waals surface area contributed by atoms with Crippen molar-refractivity contribution in [1.29, 1.82) is 0 Å². The van der Waals surface area contributed by atoms with Crippen molar-refractivity contribution in [1.82, 2.24) is 5.43 Å². The minimum atomic E-state index is -1.95. The number of hydrazine groups is 1. The van der Waals surface area contributed by atoms with Crippen LogP contribution in [-0.2, 0) is 23.9 Å². The number of allylic oxidation sites excluding steroid dienone is 4. The fraction of sp³-hybridized carbons (Fsp3) is 0.741. The van der Waals surface area contributed by atoms with Crippen molar-refractivity contribution in [2.24, 2.45) is 40.3 Å². The number of nitrogens with two attached hydrogens (primary N) is 1. The summed E-state index contributed by atoms with van der Waals surface area (Å²) in [6, 6.07) is -0.325. The molecule has 0 aromatic rings. The molecule has 1 saturated heterocycles. The van der Waals surface area contributed by atoms with Crippen molar-refractivity contribution < 1.29 is 33.4 Å². The molecule has 0 aromatic heterocycles. The molecule has 0 aromatic carbocycles. The highest BCUT2D eigenvalue weighted by Gasteiger charge is 2.81. The smallest absolute Gasteiger partial charge is 0.310 e. The van der Waals surface area contributed by atoms with Gasteiger partial charge in [-0.05, 0) is 63.5 Å². The number of carbonyl (C=O) groups is 3. The largest absolute Gasteiger partial charge is 0.457 e. The zero-order valence-corrected chi connectivity index (χ0v) is 21.4. The molecule has 3 saturated carbocycles. The van der Waals surface area contributed by atoms with Crippen molar-refractivity contribution in [3.05, 3.63) is 23.8 Å². The standard InChI is InChI=1S/C27H37FN2O6/c1-14-9-20-19-6-5-17-10-18(31)7-8-24(17,4)26(19,28)21(32)11-25(20)13-36-27(14,25)22(33)12-35-23(34)15(2)16(3)30-29/h7-8,10,14-16,19-21,30,32H,5-6,9,11-13,29H2,1-4H3/t14-,15?,16?,19+,20+,21+,24+,25-,26+,27+/m1/s1. The van der Waals surface area contributed by atoms with Crippen LogP contribution < -0.4 is 11.3 Å². The zero-order valence-electron chi connectivity index (χ0n) is 21.4. The van der Waals surface area contributed by atoms with Crippen LogP contribution in [0, 0.1) is 34.5 Å². The molecule has 4 N–H and O–H groups in total. The summed E-state index contributed by atoms with van der Waals surface area (Å²) in [7, 11) is 0. The lowest BCUT2D eigenvalue weighted by Gasteiger charge is -2.67. The molecule has 198 valence electrons. The minimum Gasteiger partial charge on any atom is -0.457 e. The van der Waals surface area contributed by atoms with Crippen LogP contribution in [0.2, 0.25) is 0 Å². The van der Waals surface area contributed by atoms with Gasteiger partial charge in [-0.1, -0.05) is 25.5 Å². The second kappa shape index (κ2) is 8.28. The summed E-state index contributed by atoms with van der Waals surface area (Å²) in [6.07, 6.45) is 4.96. The second-order valence-corrected chi connectivity index (χ2v) is 11.9. The maximum absolute atomic E-state index is 17.3. The lowest BCUT2D eigenvalue weighted by Crippen LogP contribution is -2.76. The number of ketones is 2. The first kappa shape index (κ1) is 25.7. The van der Waals surface area contributed by atoms with Crippen LogP contribution >= 0.6 is 0 Å². The number of ether oxygens (including phenoxy) is 2. The van der Waals surface area contributed by atoms with Gasteiger partial charge in [0.25, 0.3) is 0 Å². The van der Waals surface area contributed by atoms with E-state index in [1.54, 1.807) is 26.8 Å². The normalized spacial score (nSPS) is 46.3. The molecular formula is C27H37FN2O6. The topological polar surface area (TPSA) is 128 Å². The summed E-state index contributed by atoms with van der Waals surface area (Å²) in [5, 5.41) is 11.5. The summed E-state index contributed by atoms with van der Waals surface area (Å²) in [6.45, 7) is 6.96. The summed E-state index contributed by atoms with van der Waals surface area (Å²) >= 11 is 0. The van der Waals surface area contributed by atoms with E-state index in [0.29, 0.717) is 19.3 Å². The SMILES string of the molecule is CC(NN)C(C)C(=O)OCC(=O)[C@]12OC[C@@]13C[C@H](O)[C@@]1(F)[C@@H](CCC4=CC(=O)C=C[C@@]41C)[C@@H]3C[C@H]2C. The van der Waals surface area contributed by atoms with Gasteiger partial charge in [-0.3, -0.25) is 25.7 Å². The van der Waals surface area contributed by atoms with E-state index < -0.39 is 52.6 Å². The molecule has 1 aliphatic heterocycles. The molecule has 0 bridgehead atoms. The molecule has 0 amide bonds. The molecule has 9 heteroatoms. The van der Waals surface area contributed by atoms with Crippen molar-refractivity contribution in [3.8, 4) is 0 Å². The Kier molecular flexibility index (Phi) is 5.91. The summed E-state index contributed by atoms with van der Waals surface area (Å²) < 4.78 is 28.7. The van der Waals surface area contributed by atoms with Gasteiger partial charge in [0.2, 0.25) is 5.78 Å². The van der Waals surface area contributed by atoms with Gasteiger partial charge in [-0.2, -0.15) is 0 Å². The lowest BCUT2D eigenvalue weighted by atomic mass is 9.43. The maximum atomic E-state index is 17.3. The number of alkyl halides is 1. The Hall–Kier alpha value is -1.94. The first-order chi connectivity index (χ1) is 16.9. The molecule has 4 fully saturated rings. The molecule has 5 aliphatic rings. The lowest BCUT2D eigenvalue weighted by molar-refractivity contribution is -0.310. The minimum absolute atomic E-state index is 0.0872. The van der Waals surface area contributed by atoms with E-state index in [1.807, 2.05) is 6.92 Å². The van der Waals surface area contributed by atoms with E-state index in [-0.39, 0.29) is 42.5 Å². The molecule has 0 radical (unpaired) electrons. The molecular weight excluding hydrogens is 467 g/mol. The predicted molar refractivity (Wildman–Crippen MR) is 128 cm³/mol. The average molecular weight is 505 g/mol. The number of nitrogens with one attached hydrogen (secondary N) is 1.